The quantitative estimate of drug-likeness (QED) is 0.359. The van der Waals surface area contributed by atoms with Crippen molar-refractivity contribution >= 4 is 41.5 Å². The molecule has 0 amide bonds. The summed E-state index contributed by atoms with van der Waals surface area (Å²) in [6, 6.07) is 9.42. The number of hydrogen-bond acceptors (Lipinski definition) is 5. The molecular formula is C19H27ClIN5O2. The summed E-state index contributed by atoms with van der Waals surface area (Å²) in [7, 11) is 1.81. The molecule has 1 fully saturated rings. The molecule has 1 N–H and O–H groups in total. The van der Waals surface area contributed by atoms with Gasteiger partial charge in [-0.1, -0.05) is 28.9 Å². The Labute approximate surface area is 188 Å². The summed E-state index contributed by atoms with van der Waals surface area (Å²) in [4.78, 5) is 9.04. The number of guanidine groups is 1. The zero-order chi connectivity index (χ0) is 19.1. The highest BCUT2D eigenvalue weighted by molar-refractivity contribution is 14.0. The lowest BCUT2D eigenvalue weighted by atomic mass is 10.3. The number of rotatable bonds is 6. The van der Waals surface area contributed by atoms with Crippen molar-refractivity contribution in [2.24, 2.45) is 4.99 Å². The zero-order valence-electron chi connectivity index (χ0n) is 16.2. The van der Waals surface area contributed by atoms with E-state index in [1.54, 1.807) is 6.26 Å². The van der Waals surface area contributed by atoms with Crippen LogP contribution in [0.3, 0.4) is 0 Å². The second-order valence-electron chi connectivity index (χ2n) is 6.54. The molecule has 1 unspecified atom stereocenters. The van der Waals surface area contributed by atoms with Gasteiger partial charge in [-0.25, -0.2) is 0 Å². The Bertz CT molecular complexity index is 736. The first-order valence-electron chi connectivity index (χ1n) is 9.14. The van der Waals surface area contributed by atoms with Gasteiger partial charge < -0.3 is 19.5 Å². The topological polar surface area (TPSA) is 66.1 Å². The minimum Gasteiger partial charge on any atom is -0.487 e. The number of nitrogens with one attached hydrogen (secondary N) is 1. The van der Waals surface area contributed by atoms with E-state index in [-0.39, 0.29) is 30.1 Å². The molecule has 0 bridgehead atoms. The van der Waals surface area contributed by atoms with Gasteiger partial charge in [0.15, 0.2) is 5.96 Å². The van der Waals surface area contributed by atoms with Crippen LogP contribution in [0.25, 0.3) is 0 Å². The summed E-state index contributed by atoms with van der Waals surface area (Å²) >= 11 is 6.15. The molecule has 28 heavy (non-hydrogen) atoms. The summed E-state index contributed by atoms with van der Waals surface area (Å²) in [5.41, 5.74) is 0.969. The maximum Gasteiger partial charge on any atom is 0.193 e. The van der Waals surface area contributed by atoms with Crippen LogP contribution in [0.5, 0.6) is 5.75 Å². The van der Waals surface area contributed by atoms with Gasteiger partial charge in [0.25, 0.3) is 0 Å². The Hall–Kier alpha value is -1.52. The van der Waals surface area contributed by atoms with E-state index >= 15 is 0 Å². The third-order valence-corrected chi connectivity index (χ3v) is 4.79. The number of halogens is 2. The van der Waals surface area contributed by atoms with Crippen LogP contribution in [0.15, 0.2) is 46.1 Å². The van der Waals surface area contributed by atoms with Crippen molar-refractivity contribution in [2.45, 2.75) is 19.6 Å². The Balaban J connectivity index is 0.00000280. The van der Waals surface area contributed by atoms with Crippen LogP contribution in [-0.4, -0.2) is 66.8 Å². The Morgan fingerprint density at radius 3 is 2.68 bits per heavy atom. The minimum absolute atomic E-state index is 0. The van der Waals surface area contributed by atoms with Crippen LogP contribution in [-0.2, 0) is 6.54 Å². The lowest BCUT2D eigenvalue weighted by Gasteiger charge is -2.36. The van der Waals surface area contributed by atoms with Crippen LogP contribution in [0.4, 0.5) is 0 Å². The molecule has 1 aliphatic rings. The number of ether oxygens (including phenoxy) is 1. The van der Waals surface area contributed by atoms with E-state index in [0.29, 0.717) is 17.3 Å². The van der Waals surface area contributed by atoms with Crippen molar-refractivity contribution in [3.05, 3.63) is 47.3 Å². The second-order valence-corrected chi connectivity index (χ2v) is 6.95. The van der Waals surface area contributed by atoms with Crippen LogP contribution in [0.1, 0.15) is 12.6 Å². The van der Waals surface area contributed by atoms with Crippen molar-refractivity contribution in [3.63, 3.8) is 0 Å². The Kier molecular flexibility index (Phi) is 9.33. The third kappa shape index (κ3) is 6.52. The van der Waals surface area contributed by atoms with E-state index in [9.17, 15) is 0 Å². The minimum atomic E-state index is -0.0323. The highest BCUT2D eigenvalue weighted by Gasteiger charge is 2.20. The lowest BCUT2D eigenvalue weighted by molar-refractivity contribution is 0.167. The van der Waals surface area contributed by atoms with Gasteiger partial charge in [0.1, 0.15) is 18.1 Å². The fourth-order valence-corrected chi connectivity index (χ4v) is 3.21. The van der Waals surface area contributed by atoms with E-state index < -0.39 is 0 Å². The van der Waals surface area contributed by atoms with Crippen molar-refractivity contribution < 1.29 is 9.26 Å². The Morgan fingerprint density at radius 1 is 1.29 bits per heavy atom. The number of nitrogens with zero attached hydrogens (tertiary/aromatic N) is 4. The predicted octanol–water partition coefficient (Wildman–Crippen LogP) is 3.11. The molecule has 2 aromatic rings. The molecule has 9 heteroatoms. The zero-order valence-corrected chi connectivity index (χ0v) is 19.3. The number of aromatic nitrogens is 1. The normalized spacial score (nSPS) is 16.4. The smallest absolute Gasteiger partial charge is 0.193 e. The molecular weight excluding hydrogens is 493 g/mol. The van der Waals surface area contributed by atoms with E-state index in [2.05, 4.69) is 25.3 Å². The fraction of sp³-hybridized carbons (Fsp3) is 0.474. The maximum atomic E-state index is 6.15. The van der Waals surface area contributed by atoms with Crippen molar-refractivity contribution in [3.8, 4) is 5.75 Å². The van der Waals surface area contributed by atoms with Gasteiger partial charge in [-0.2, -0.15) is 0 Å². The standard InChI is InChI=1S/C19H26ClN5O2.HI/c1-15(27-18-6-4-3-5-17(18)20)13-22-19(21-2)25-10-8-24(9-11-25)14-16-7-12-26-23-16;/h3-7,12,15H,8-11,13-14H2,1-2H3,(H,21,22);1H. The summed E-state index contributed by atoms with van der Waals surface area (Å²) in [6.45, 7) is 7.22. The first-order chi connectivity index (χ1) is 13.2. The number of aliphatic imine (C=N–C) groups is 1. The summed E-state index contributed by atoms with van der Waals surface area (Å²) in [6.07, 6.45) is 1.58. The molecule has 0 radical (unpaired) electrons. The molecule has 154 valence electrons. The molecule has 1 aromatic heterocycles. The first kappa shape index (κ1) is 22.8. The number of hydrogen-bond donors (Lipinski definition) is 1. The summed E-state index contributed by atoms with van der Waals surface area (Å²) in [5.74, 6) is 1.59. The van der Waals surface area contributed by atoms with Gasteiger partial charge in [0, 0.05) is 45.8 Å². The number of piperazine rings is 1. The number of para-hydroxylation sites is 1. The maximum absolute atomic E-state index is 6.15. The van der Waals surface area contributed by atoms with Gasteiger partial charge in [-0.3, -0.25) is 9.89 Å². The van der Waals surface area contributed by atoms with Gasteiger partial charge in [0.2, 0.25) is 0 Å². The SMILES string of the molecule is CN=C(NCC(C)Oc1ccccc1Cl)N1CCN(Cc2ccon2)CC1.I. The molecule has 0 spiro atoms. The molecule has 1 atom stereocenters. The molecule has 0 saturated carbocycles. The van der Waals surface area contributed by atoms with Crippen molar-refractivity contribution in [1.29, 1.82) is 0 Å². The molecule has 2 heterocycles. The molecule has 0 aliphatic carbocycles. The molecule has 1 aromatic carbocycles. The van der Waals surface area contributed by atoms with Gasteiger partial charge in [0.05, 0.1) is 17.3 Å². The predicted molar refractivity (Wildman–Crippen MR) is 122 cm³/mol. The molecule has 1 saturated heterocycles. The van der Waals surface area contributed by atoms with Crippen LogP contribution in [0.2, 0.25) is 5.02 Å². The van der Waals surface area contributed by atoms with Crippen LogP contribution < -0.4 is 10.1 Å². The fourth-order valence-electron chi connectivity index (χ4n) is 3.03. The van der Waals surface area contributed by atoms with Crippen molar-refractivity contribution in [1.82, 2.24) is 20.3 Å². The van der Waals surface area contributed by atoms with E-state index in [1.165, 1.54) is 0 Å². The summed E-state index contributed by atoms with van der Waals surface area (Å²) < 4.78 is 10.8. The van der Waals surface area contributed by atoms with Gasteiger partial charge in [-0.05, 0) is 19.1 Å². The number of benzene rings is 1. The van der Waals surface area contributed by atoms with E-state index in [0.717, 1.165) is 44.4 Å². The van der Waals surface area contributed by atoms with Crippen molar-refractivity contribution in [2.75, 3.05) is 39.8 Å². The molecule has 3 rings (SSSR count). The van der Waals surface area contributed by atoms with Crippen LogP contribution >= 0.6 is 35.6 Å². The Morgan fingerprint density at radius 2 is 2.04 bits per heavy atom. The third-order valence-electron chi connectivity index (χ3n) is 4.47. The monoisotopic (exact) mass is 519 g/mol. The van der Waals surface area contributed by atoms with E-state index in [4.69, 9.17) is 20.9 Å². The highest BCUT2D eigenvalue weighted by atomic mass is 127. The largest absolute Gasteiger partial charge is 0.487 e. The van der Waals surface area contributed by atoms with Gasteiger partial charge >= 0.3 is 0 Å². The average molecular weight is 520 g/mol. The van der Waals surface area contributed by atoms with Gasteiger partial charge in [-0.15, -0.1) is 24.0 Å². The lowest BCUT2D eigenvalue weighted by Crippen LogP contribution is -2.53. The highest BCUT2D eigenvalue weighted by Crippen LogP contribution is 2.24. The van der Waals surface area contributed by atoms with Crippen LogP contribution in [0, 0.1) is 0 Å². The molecule has 1 aliphatic heterocycles. The summed E-state index contributed by atoms with van der Waals surface area (Å²) in [5, 5.41) is 8.00. The second kappa shape index (κ2) is 11.5. The molecule has 7 nitrogen and oxygen atoms in total. The average Bonchev–Trinajstić information content (AvgIpc) is 3.18. The van der Waals surface area contributed by atoms with E-state index in [1.807, 2.05) is 44.3 Å². The first-order valence-corrected chi connectivity index (χ1v) is 9.52.